The second-order valence-corrected chi connectivity index (χ2v) is 12.0. The Morgan fingerprint density at radius 1 is 1.09 bits per heavy atom. The first-order valence-corrected chi connectivity index (χ1v) is 15.7. The number of carbonyl (C=O) groups excluding carboxylic acids is 1. The zero-order valence-corrected chi connectivity index (χ0v) is 25.0. The number of benzene rings is 3. The Balaban J connectivity index is 1.37. The fraction of sp³-hybridized carbons (Fsp3) is 0.250. The van der Waals surface area contributed by atoms with E-state index >= 15 is 0 Å². The predicted octanol–water partition coefficient (Wildman–Crippen LogP) is 4.65. The van der Waals surface area contributed by atoms with Crippen molar-refractivity contribution in [3.05, 3.63) is 112 Å². The van der Waals surface area contributed by atoms with Crippen molar-refractivity contribution in [1.29, 1.82) is 0 Å². The van der Waals surface area contributed by atoms with Gasteiger partial charge >= 0.3 is 0 Å². The van der Waals surface area contributed by atoms with Gasteiger partial charge in [-0.15, -0.1) is 10.5 Å². The van der Waals surface area contributed by atoms with E-state index in [0.717, 1.165) is 16.2 Å². The number of fused-ring (bicyclic) bond motifs is 1. The van der Waals surface area contributed by atoms with Crippen LogP contribution < -0.4 is 15.5 Å². The van der Waals surface area contributed by atoms with Crippen molar-refractivity contribution < 1.29 is 23.8 Å². The number of hydrogen-bond donors (Lipinski definition) is 2. The van der Waals surface area contributed by atoms with Gasteiger partial charge in [-0.1, -0.05) is 59.4 Å². The lowest BCUT2D eigenvalue weighted by molar-refractivity contribution is -0.118. The molecule has 1 unspecified atom stereocenters. The van der Waals surface area contributed by atoms with Crippen LogP contribution in [0.15, 0.2) is 89.1 Å². The Hall–Kier alpha value is -3.83. The summed E-state index contributed by atoms with van der Waals surface area (Å²) in [5.74, 6) is 0.398. The van der Waals surface area contributed by atoms with Crippen molar-refractivity contribution in [2.45, 2.75) is 24.6 Å². The zero-order valence-electron chi connectivity index (χ0n) is 23.4. The summed E-state index contributed by atoms with van der Waals surface area (Å²) in [5.41, 5.74) is 4.00. The first kappa shape index (κ1) is 30.6. The molecule has 1 aromatic heterocycles. The number of amides is 1. The summed E-state index contributed by atoms with van der Waals surface area (Å²) in [4.78, 5) is 22.3. The smallest absolute Gasteiger partial charge is 0.229 e. The minimum Gasteiger partial charge on any atom is -0.487 e. The summed E-state index contributed by atoms with van der Waals surface area (Å²) >= 11 is 6.52. The molecule has 5 rings (SSSR count). The number of ether oxygens (including phenoxy) is 2. The van der Waals surface area contributed by atoms with Crippen LogP contribution in [0.1, 0.15) is 16.7 Å². The highest BCUT2D eigenvalue weighted by molar-refractivity contribution is 8.15. The van der Waals surface area contributed by atoms with E-state index in [1.807, 2.05) is 18.2 Å². The van der Waals surface area contributed by atoms with Gasteiger partial charge in [0.15, 0.2) is 5.49 Å². The standard InChI is InChI=1S/C32H32ClFN4O4S/c33-28-18-26(9-10-29(28)42-20-24-7-4-8-25(34)17-24)37-31-27-11-16-43(21-30(40)35-12-14-41-15-13-39)32(27)38(22-36-31)19-23-5-2-1-3-6-23/h1-10,16-18,22,39H,11-15,19-21H2,(H,35,40). The molecule has 4 aromatic rings. The Morgan fingerprint density at radius 3 is 2.72 bits per heavy atom. The fourth-order valence-electron chi connectivity index (χ4n) is 4.60. The molecule has 0 bridgehead atoms. The third kappa shape index (κ3) is 8.39. The van der Waals surface area contributed by atoms with Gasteiger partial charge in [-0.05, 0) is 41.5 Å². The number of halogens is 2. The molecular weight excluding hydrogens is 591 g/mol. The molecule has 3 aromatic carbocycles. The molecule has 0 spiro atoms. The molecule has 1 aliphatic heterocycles. The predicted molar refractivity (Wildman–Crippen MR) is 167 cm³/mol. The average molecular weight is 623 g/mol. The summed E-state index contributed by atoms with van der Waals surface area (Å²) in [6.07, 6.45) is 2.41. The maximum Gasteiger partial charge on any atom is 0.229 e. The van der Waals surface area contributed by atoms with Gasteiger partial charge in [0.2, 0.25) is 5.91 Å². The molecule has 43 heavy (non-hydrogen) atoms. The highest BCUT2D eigenvalue weighted by Crippen LogP contribution is 2.34. The summed E-state index contributed by atoms with van der Waals surface area (Å²) < 4.78 is 26.7. The van der Waals surface area contributed by atoms with Gasteiger partial charge in [0.05, 0.1) is 47.6 Å². The van der Waals surface area contributed by atoms with E-state index in [2.05, 4.69) is 27.4 Å². The van der Waals surface area contributed by atoms with Crippen molar-refractivity contribution in [2.24, 2.45) is 4.99 Å². The van der Waals surface area contributed by atoms with E-state index in [9.17, 15) is 9.18 Å². The van der Waals surface area contributed by atoms with Crippen molar-refractivity contribution in [3.8, 4) is 5.75 Å². The average Bonchev–Trinajstić information content (AvgIpc) is 3.42. The number of hydrogen-bond acceptors (Lipinski definition) is 6. The number of carbonyl (C=O) groups is 1. The molecule has 224 valence electrons. The Bertz CT molecular complexity index is 1680. The number of aromatic nitrogens is 2. The second-order valence-electron chi connectivity index (χ2n) is 9.74. The number of rotatable bonds is 13. The lowest BCUT2D eigenvalue weighted by atomic mass is 10.2. The third-order valence-corrected chi connectivity index (χ3v) is 8.98. The van der Waals surface area contributed by atoms with Crippen molar-refractivity contribution >= 4 is 39.0 Å². The lowest BCUT2D eigenvalue weighted by Gasteiger charge is -2.16. The van der Waals surface area contributed by atoms with Gasteiger partial charge in [-0.2, -0.15) is 0 Å². The molecule has 1 amide bonds. The van der Waals surface area contributed by atoms with Gasteiger partial charge in [-0.3, -0.25) is 4.79 Å². The van der Waals surface area contributed by atoms with Crippen LogP contribution in [0.2, 0.25) is 5.02 Å². The van der Waals surface area contributed by atoms with Crippen LogP contribution in [-0.2, 0) is 29.1 Å². The Kier molecular flexibility index (Phi) is 10.7. The van der Waals surface area contributed by atoms with Gasteiger partial charge in [0.1, 0.15) is 18.2 Å². The maximum absolute atomic E-state index is 13.5. The monoisotopic (exact) mass is 622 g/mol. The van der Waals surface area contributed by atoms with E-state index in [1.165, 1.54) is 12.1 Å². The molecule has 2 N–H and O–H groups in total. The zero-order chi connectivity index (χ0) is 30.0. The molecular formula is C32H32ClFN4O4S. The van der Waals surface area contributed by atoms with Gasteiger partial charge in [0, 0.05) is 25.1 Å². The highest BCUT2D eigenvalue weighted by Gasteiger charge is 2.22. The minimum absolute atomic E-state index is 0.0489. The lowest BCUT2D eigenvalue weighted by Crippen LogP contribution is -2.29. The minimum atomic E-state index is -0.453. The van der Waals surface area contributed by atoms with E-state index < -0.39 is 10.5 Å². The fourth-order valence-corrected chi connectivity index (χ4v) is 6.90. The topological polar surface area (TPSA) is 98.0 Å². The van der Waals surface area contributed by atoms with Crippen LogP contribution >= 0.6 is 22.1 Å². The molecule has 0 fully saturated rings. The molecule has 0 radical (unpaired) electrons. The van der Waals surface area contributed by atoms with Gasteiger partial charge in [0.25, 0.3) is 0 Å². The second kappa shape index (κ2) is 15.1. The van der Waals surface area contributed by atoms with Gasteiger partial charge in [-0.25, -0.2) is 14.4 Å². The van der Waals surface area contributed by atoms with E-state index in [0.29, 0.717) is 59.4 Å². The number of nitrogens with zero attached hydrogens (tertiary/aromatic N) is 3. The molecule has 1 atom stereocenters. The molecule has 1 aliphatic rings. The van der Waals surface area contributed by atoms with Crippen LogP contribution in [0.4, 0.5) is 10.1 Å². The normalized spacial score (nSPS) is 14.3. The molecule has 0 saturated carbocycles. The number of aliphatic hydroxyl groups excluding tert-OH is 1. The SMILES string of the molecule is O=C(CS1=CCc2c1n(Cc1ccccc1)cnc2=Nc1ccc(OCc2cccc(F)c2)c(Cl)c1)NCCOCCO. The quantitative estimate of drug-likeness (QED) is 0.129. The van der Waals surface area contributed by atoms with E-state index in [4.69, 9.17) is 36.2 Å². The van der Waals surface area contributed by atoms with Crippen LogP contribution in [-0.4, -0.2) is 58.1 Å². The third-order valence-electron chi connectivity index (χ3n) is 6.57. The first-order chi connectivity index (χ1) is 21.0. The van der Waals surface area contributed by atoms with E-state index in [1.54, 1.807) is 36.7 Å². The van der Waals surface area contributed by atoms with Crippen LogP contribution in [0.3, 0.4) is 0 Å². The van der Waals surface area contributed by atoms with Crippen LogP contribution in [0, 0.1) is 5.82 Å². The Morgan fingerprint density at radius 2 is 1.93 bits per heavy atom. The molecule has 0 saturated heterocycles. The summed E-state index contributed by atoms with van der Waals surface area (Å²) in [6, 6.07) is 21.6. The molecule has 2 heterocycles. The summed E-state index contributed by atoms with van der Waals surface area (Å²) in [5, 5.41) is 15.3. The molecule has 0 aliphatic carbocycles. The number of nitrogens with one attached hydrogen (secondary N) is 1. The summed E-state index contributed by atoms with van der Waals surface area (Å²) in [6.45, 7) is 1.73. The summed E-state index contributed by atoms with van der Waals surface area (Å²) in [7, 11) is -0.453. The number of aliphatic hydroxyl groups is 1. The molecule has 8 nitrogen and oxygen atoms in total. The Labute approximate surface area is 256 Å². The van der Waals surface area contributed by atoms with Gasteiger partial charge < -0.3 is 24.5 Å². The van der Waals surface area contributed by atoms with Crippen molar-refractivity contribution in [1.82, 2.24) is 14.9 Å². The van der Waals surface area contributed by atoms with Crippen molar-refractivity contribution in [3.63, 3.8) is 0 Å². The largest absolute Gasteiger partial charge is 0.487 e. The van der Waals surface area contributed by atoms with Crippen molar-refractivity contribution in [2.75, 3.05) is 32.1 Å². The van der Waals surface area contributed by atoms with Crippen LogP contribution in [0.5, 0.6) is 5.75 Å². The first-order valence-electron chi connectivity index (χ1n) is 13.8. The van der Waals surface area contributed by atoms with E-state index in [-0.39, 0.29) is 31.5 Å². The maximum atomic E-state index is 13.5. The highest BCUT2D eigenvalue weighted by atomic mass is 35.5. The molecule has 11 heteroatoms. The van der Waals surface area contributed by atoms with Crippen LogP contribution in [0.25, 0.3) is 0 Å².